The van der Waals surface area contributed by atoms with Crippen molar-refractivity contribution in [3.05, 3.63) is 94.2 Å². The number of carbonyl (C=O) groups is 2. The van der Waals surface area contributed by atoms with Gasteiger partial charge >= 0.3 is 0 Å². The van der Waals surface area contributed by atoms with Crippen LogP contribution in [0.3, 0.4) is 0 Å². The van der Waals surface area contributed by atoms with E-state index < -0.39 is 5.54 Å². The lowest BCUT2D eigenvalue weighted by molar-refractivity contribution is -0.129. The van der Waals surface area contributed by atoms with Gasteiger partial charge in [-0.25, -0.2) is 4.99 Å². The molecule has 146 valence electrons. The number of ketones is 1. The zero-order valence-electron chi connectivity index (χ0n) is 17.2. The Hall–Kier alpha value is -3.27. The van der Waals surface area contributed by atoms with Gasteiger partial charge in [0.1, 0.15) is 5.84 Å². The van der Waals surface area contributed by atoms with Crippen LogP contribution in [0.1, 0.15) is 44.6 Å². The molecule has 0 aromatic heterocycles. The minimum absolute atomic E-state index is 0.00208. The number of allylic oxidation sites excluding steroid dienone is 2. The minimum atomic E-state index is -1.25. The Morgan fingerprint density at radius 2 is 1.66 bits per heavy atom. The molecule has 4 heteroatoms. The summed E-state index contributed by atoms with van der Waals surface area (Å²) in [5.41, 5.74) is 4.11. The second-order valence-electron chi connectivity index (χ2n) is 7.94. The molecule has 0 saturated carbocycles. The van der Waals surface area contributed by atoms with E-state index in [1.165, 1.54) is 0 Å². The van der Waals surface area contributed by atoms with Crippen molar-refractivity contribution in [1.82, 2.24) is 4.90 Å². The Morgan fingerprint density at radius 1 is 0.966 bits per heavy atom. The van der Waals surface area contributed by atoms with Crippen molar-refractivity contribution in [2.75, 3.05) is 0 Å². The Bertz CT molecular complexity index is 1120. The normalized spacial score (nSPS) is 20.1. The van der Waals surface area contributed by atoms with Gasteiger partial charge < -0.3 is 0 Å². The van der Waals surface area contributed by atoms with Gasteiger partial charge in [-0.05, 0) is 62.6 Å². The maximum Gasteiger partial charge on any atom is 0.265 e. The standard InChI is InChI=1S/C25H24N2O2/c1-16-8-10-18(3)20(13-16)22(28)15-25(21-14-17(2)9-11-19(21)4)24(29)27-12-6-5-7-23(27)26-25/h5-14H,15H2,1-4H3. The van der Waals surface area contributed by atoms with Gasteiger partial charge in [0.25, 0.3) is 5.91 Å². The third-order valence-corrected chi connectivity index (χ3v) is 5.66. The number of benzene rings is 2. The fourth-order valence-corrected chi connectivity index (χ4v) is 4.07. The van der Waals surface area contributed by atoms with Crippen LogP contribution in [0, 0.1) is 27.7 Å². The molecular weight excluding hydrogens is 360 g/mol. The number of Topliss-reactive ketones (excluding diaryl/α,β-unsaturated/α-hetero) is 1. The first kappa shape index (κ1) is 19.1. The average molecular weight is 384 g/mol. The monoisotopic (exact) mass is 384 g/mol. The third kappa shape index (κ3) is 3.15. The molecule has 4 nitrogen and oxygen atoms in total. The Kier molecular flexibility index (Phi) is 4.58. The van der Waals surface area contributed by atoms with Crippen LogP contribution in [0.4, 0.5) is 0 Å². The van der Waals surface area contributed by atoms with Crippen molar-refractivity contribution in [2.45, 2.75) is 39.7 Å². The first-order chi connectivity index (χ1) is 13.8. The first-order valence-corrected chi connectivity index (χ1v) is 9.78. The fraction of sp³-hybridized carbons (Fsp3) is 0.240. The van der Waals surface area contributed by atoms with E-state index in [0.29, 0.717) is 11.4 Å². The Balaban J connectivity index is 1.87. The lowest BCUT2D eigenvalue weighted by atomic mass is 9.80. The van der Waals surface area contributed by atoms with Gasteiger partial charge in [-0.1, -0.05) is 47.5 Å². The molecule has 0 fully saturated rings. The summed E-state index contributed by atoms with van der Waals surface area (Å²) in [6.45, 7) is 7.85. The number of nitrogens with zero attached hydrogens (tertiary/aromatic N) is 2. The van der Waals surface area contributed by atoms with E-state index in [0.717, 1.165) is 27.8 Å². The predicted molar refractivity (Wildman–Crippen MR) is 115 cm³/mol. The van der Waals surface area contributed by atoms with Crippen molar-refractivity contribution >= 4 is 17.5 Å². The van der Waals surface area contributed by atoms with E-state index in [4.69, 9.17) is 4.99 Å². The van der Waals surface area contributed by atoms with E-state index in [2.05, 4.69) is 0 Å². The number of amides is 1. The summed E-state index contributed by atoms with van der Waals surface area (Å²) in [5, 5.41) is 0. The van der Waals surface area contributed by atoms with Crippen LogP contribution in [-0.2, 0) is 10.3 Å². The molecule has 0 spiro atoms. The van der Waals surface area contributed by atoms with Crippen molar-refractivity contribution < 1.29 is 9.59 Å². The van der Waals surface area contributed by atoms with Crippen molar-refractivity contribution in [3.63, 3.8) is 0 Å². The van der Waals surface area contributed by atoms with Crippen molar-refractivity contribution in [2.24, 2.45) is 4.99 Å². The van der Waals surface area contributed by atoms with Crippen LogP contribution in [-0.4, -0.2) is 22.4 Å². The molecule has 0 aliphatic carbocycles. The molecule has 2 aromatic rings. The molecule has 1 unspecified atom stereocenters. The van der Waals surface area contributed by atoms with Gasteiger partial charge in [0, 0.05) is 18.2 Å². The van der Waals surface area contributed by atoms with Crippen LogP contribution in [0.15, 0.2) is 65.8 Å². The van der Waals surface area contributed by atoms with Crippen molar-refractivity contribution in [1.29, 1.82) is 0 Å². The van der Waals surface area contributed by atoms with Crippen LogP contribution < -0.4 is 0 Å². The molecular formula is C25H24N2O2. The zero-order chi connectivity index (χ0) is 20.8. The van der Waals surface area contributed by atoms with Crippen molar-refractivity contribution in [3.8, 4) is 0 Å². The molecule has 0 N–H and O–H groups in total. The number of amidine groups is 1. The van der Waals surface area contributed by atoms with Gasteiger partial charge in [-0.2, -0.15) is 0 Å². The molecule has 2 aliphatic rings. The number of carbonyl (C=O) groups excluding carboxylic acids is 2. The molecule has 2 heterocycles. The molecule has 0 saturated heterocycles. The summed E-state index contributed by atoms with van der Waals surface area (Å²) in [5.74, 6) is 0.324. The van der Waals surface area contributed by atoms with E-state index in [1.54, 1.807) is 11.1 Å². The van der Waals surface area contributed by atoms with E-state index in [-0.39, 0.29) is 18.1 Å². The Morgan fingerprint density at radius 3 is 2.38 bits per heavy atom. The minimum Gasteiger partial charge on any atom is -0.294 e. The number of rotatable bonds is 4. The maximum absolute atomic E-state index is 13.6. The van der Waals surface area contributed by atoms with Crippen LogP contribution in [0.2, 0.25) is 0 Å². The molecule has 1 amide bonds. The number of hydrogen-bond donors (Lipinski definition) is 0. The summed E-state index contributed by atoms with van der Waals surface area (Å²) in [7, 11) is 0. The summed E-state index contributed by atoms with van der Waals surface area (Å²) in [4.78, 5) is 33.4. The second-order valence-corrected chi connectivity index (χ2v) is 7.94. The van der Waals surface area contributed by atoms with Gasteiger partial charge in [0.2, 0.25) is 0 Å². The zero-order valence-corrected chi connectivity index (χ0v) is 17.2. The highest BCUT2D eigenvalue weighted by Crippen LogP contribution is 2.41. The number of aryl methyl sites for hydroxylation is 4. The molecule has 2 aromatic carbocycles. The van der Waals surface area contributed by atoms with Crippen LogP contribution in [0.25, 0.3) is 0 Å². The van der Waals surface area contributed by atoms with Gasteiger partial charge in [0.15, 0.2) is 11.3 Å². The first-order valence-electron chi connectivity index (χ1n) is 9.78. The van der Waals surface area contributed by atoms with E-state index >= 15 is 0 Å². The highest BCUT2D eigenvalue weighted by atomic mass is 16.2. The topological polar surface area (TPSA) is 49.7 Å². The number of aliphatic imine (C=N–C) groups is 1. The number of fused-ring (bicyclic) bond motifs is 1. The fourth-order valence-electron chi connectivity index (χ4n) is 4.07. The molecule has 2 aliphatic heterocycles. The van der Waals surface area contributed by atoms with Gasteiger partial charge in [-0.3, -0.25) is 14.5 Å². The molecule has 1 atom stereocenters. The second kappa shape index (κ2) is 6.96. The third-order valence-electron chi connectivity index (χ3n) is 5.66. The highest BCUT2D eigenvalue weighted by molar-refractivity contribution is 6.16. The largest absolute Gasteiger partial charge is 0.294 e. The quantitative estimate of drug-likeness (QED) is 0.717. The van der Waals surface area contributed by atoms with E-state index in [1.807, 2.05) is 82.3 Å². The molecule has 29 heavy (non-hydrogen) atoms. The predicted octanol–water partition coefficient (Wildman–Crippen LogP) is 4.71. The number of hydrogen-bond acceptors (Lipinski definition) is 3. The van der Waals surface area contributed by atoms with E-state index in [9.17, 15) is 9.59 Å². The lowest BCUT2D eigenvalue weighted by Gasteiger charge is -2.27. The van der Waals surface area contributed by atoms with Crippen LogP contribution in [0.5, 0.6) is 0 Å². The SMILES string of the molecule is Cc1ccc(C)c(C(=O)CC2(c3cc(C)ccc3C)N=C3C=CC=CN3C2=O)c1. The lowest BCUT2D eigenvalue weighted by Crippen LogP contribution is -2.40. The summed E-state index contributed by atoms with van der Waals surface area (Å²) in [6.07, 6.45) is 7.20. The molecule has 0 radical (unpaired) electrons. The highest BCUT2D eigenvalue weighted by Gasteiger charge is 2.51. The maximum atomic E-state index is 13.6. The molecule has 0 bridgehead atoms. The average Bonchev–Trinajstić information content (AvgIpc) is 2.98. The summed E-state index contributed by atoms with van der Waals surface area (Å²) < 4.78 is 0. The van der Waals surface area contributed by atoms with Gasteiger partial charge in [-0.15, -0.1) is 0 Å². The molecule has 4 rings (SSSR count). The van der Waals surface area contributed by atoms with Crippen LogP contribution >= 0.6 is 0 Å². The Labute approximate surface area is 171 Å². The summed E-state index contributed by atoms with van der Waals surface area (Å²) >= 11 is 0. The smallest absolute Gasteiger partial charge is 0.265 e. The van der Waals surface area contributed by atoms with Gasteiger partial charge in [0.05, 0.1) is 0 Å². The summed E-state index contributed by atoms with van der Waals surface area (Å²) in [6, 6.07) is 11.8.